The summed E-state index contributed by atoms with van der Waals surface area (Å²) < 4.78 is 4.86. The molecule has 3 rings (SSSR count). The molecular weight excluding hydrogens is 302 g/mol. The molecule has 1 aromatic carbocycles. The van der Waals surface area contributed by atoms with Gasteiger partial charge < -0.3 is 19.6 Å². The lowest BCUT2D eigenvalue weighted by atomic mass is 10.1. The van der Waals surface area contributed by atoms with Crippen molar-refractivity contribution >= 4 is 11.6 Å². The van der Waals surface area contributed by atoms with E-state index in [1.807, 2.05) is 13.1 Å². The molecule has 1 aromatic heterocycles. The van der Waals surface area contributed by atoms with Gasteiger partial charge >= 0.3 is 0 Å². The summed E-state index contributed by atoms with van der Waals surface area (Å²) in [6, 6.07) is 8.39. The van der Waals surface area contributed by atoms with E-state index in [4.69, 9.17) is 4.52 Å². The first-order valence-corrected chi connectivity index (χ1v) is 8.35. The van der Waals surface area contributed by atoms with Gasteiger partial charge in [0.2, 0.25) is 0 Å². The number of piperazine rings is 1. The molecule has 0 amide bonds. The Morgan fingerprint density at radius 1 is 1.21 bits per heavy atom. The number of nitrogens with zero attached hydrogens (tertiary/aromatic N) is 4. The summed E-state index contributed by atoms with van der Waals surface area (Å²) >= 11 is 0. The molecule has 1 saturated heterocycles. The van der Waals surface area contributed by atoms with Crippen molar-refractivity contribution in [3.05, 3.63) is 47.3 Å². The van der Waals surface area contributed by atoms with E-state index in [1.165, 1.54) is 16.8 Å². The zero-order valence-corrected chi connectivity index (χ0v) is 14.6. The molecule has 6 heteroatoms. The maximum absolute atomic E-state index is 4.86. The van der Waals surface area contributed by atoms with Crippen LogP contribution in [0, 0.1) is 13.8 Å². The van der Waals surface area contributed by atoms with Crippen molar-refractivity contribution in [3.63, 3.8) is 0 Å². The third-order valence-electron chi connectivity index (χ3n) is 4.63. The summed E-state index contributed by atoms with van der Waals surface area (Å²) in [6.45, 7) is 8.89. The van der Waals surface area contributed by atoms with Gasteiger partial charge in [-0.05, 0) is 31.0 Å². The van der Waals surface area contributed by atoms with Crippen LogP contribution in [0.3, 0.4) is 0 Å². The minimum absolute atomic E-state index is 0.625. The van der Waals surface area contributed by atoms with Crippen molar-refractivity contribution in [1.29, 1.82) is 0 Å². The van der Waals surface area contributed by atoms with Gasteiger partial charge in [-0.2, -0.15) is 0 Å². The van der Waals surface area contributed by atoms with Gasteiger partial charge in [0.25, 0.3) is 0 Å². The van der Waals surface area contributed by atoms with Gasteiger partial charge in [0.05, 0.1) is 6.54 Å². The summed E-state index contributed by atoms with van der Waals surface area (Å²) in [4.78, 5) is 9.15. The molecule has 6 nitrogen and oxygen atoms in total. The van der Waals surface area contributed by atoms with Gasteiger partial charge in [-0.25, -0.2) is 0 Å². The number of nitrogens with one attached hydrogen (secondary N) is 1. The van der Waals surface area contributed by atoms with E-state index in [-0.39, 0.29) is 0 Å². The number of anilines is 1. The molecule has 1 aliphatic rings. The van der Waals surface area contributed by atoms with E-state index >= 15 is 0 Å². The Morgan fingerprint density at radius 2 is 2.00 bits per heavy atom. The topological polar surface area (TPSA) is 56.9 Å². The van der Waals surface area contributed by atoms with E-state index in [9.17, 15) is 0 Å². The van der Waals surface area contributed by atoms with Crippen LogP contribution in [0.25, 0.3) is 0 Å². The van der Waals surface area contributed by atoms with E-state index in [0.29, 0.717) is 6.54 Å². The molecule has 24 heavy (non-hydrogen) atoms. The van der Waals surface area contributed by atoms with Crippen molar-refractivity contribution in [1.82, 2.24) is 15.4 Å². The zero-order valence-electron chi connectivity index (χ0n) is 14.6. The summed E-state index contributed by atoms with van der Waals surface area (Å²) in [5.74, 6) is 0.915. The number of benzene rings is 1. The first kappa shape index (κ1) is 16.4. The van der Waals surface area contributed by atoms with Crippen LogP contribution < -0.4 is 10.2 Å². The van der Waals surface area contributed by atoms with E-state index in [1.54, 1.807) is 6.26 Å². The average Bonchev–Trinajstić information content (AvgIpc) is 3.12. The highest BCUT2D eigenvalue weighted by atomic mass is 16.5. The van der Waals surface area contributed by atoms with Gasteiger partial charge in [0.1, 0.15) is 12.0 Å². The Hall–Kier alpha value is -2.50. The Morgan fingerprint density at radius 3 is 2.67 bits per heavy atom. The summed E-state index contributed by atoms with van der Waals surface area (Å²) in [5, 5.41) is 7.27. The van der Waals surface area contributed by atoms with E-state index in [0.717, 1.165) is 37.8 Å². The average molecular weight is 327 g/mol. The summed E-state index contributed by atoms with van der Waals surface area (Å²) in [6.07, 6.45) is 1.59. The van der Waals surface area contributed by atoms with E-state index in [2.05, 4.69) is 57.3 Å². The number of rotatable bonds is 3. The van der Waals surface area contributed by atoms with Gasteiger partial charge in [-0.15, -0.1) is 0 Å². The fraction of sp³-hybridized carbons (Fsp3) is 0.444. The predicted molar refractivity (Wildman–Crippen MR) is 96.4 cm³/mol. The van der Waals surface area contributed by atoms with Crippen LogP contribution in [0.1, 0.15) is 16.8 Å². The van der Waals surface area contributed by atoms with Crippen molar-refractivity contribution in [2.75, 3.05) is 38.1 Å². The monoisotopic (exact) mass is 327 g/mol. The molecule has 1 aliphatic heterocycles. The second-order valence-corrected chi connectivity index (χ2v) is 6.08. The second kappa shape index (κ2) is 7.38. The molecule has 0 spiro atoms. The number of guanidine groups is 1. The quantitative estimate of drug-likeness (QED) is 0.692. The Balaban J connectivity index is 1.58. The first-order valence-electron chi connectivity index (χ1n) is 8.35. The Kier molecular flexibility index (Phi) is 5.03. The molecule has 0 saturated carbocycles. The molecule has 2 heterocycles. The van der Waals surface area contributed by atoms with Gasteiger partial charge in [0, 0.05) is 45.0 Å². The van der Waals surface area contributed by atoms with Crippen LogP contribution >= 0.6 is 0 Å². The minimum Gasteiger partial charge on any atom is -0.368 e. The smallest absolute Gasteiger partial charge is 0.194 e. The fourth-order valence-corrected chi connectivity index (χ4v) is 3.07. The lowest BCUT2D eigenvalue weighted by Crippen LogP contribution is -2.52. The van der Waals surface area contributed by atoms with Gasteiger partial charge in [-0.1, -0.05) is 17.3 Å². The number of hydrogen-bond acceptors (Lipinski definition) is 4. The molecule has 1 fully saturated rings. The molecule has 0 unspecified atom stereocenters. The Bertz CT molecular complexity index is 687. The number of hydrogen-bond donors (Lipinski definition) is 1. The first-order chi connectivity index (χ1) is 11.7. The Labute approximate surface area is 143 Å². The van der Waals surface area contributed by atoms with Crippen molar-refractivity contribution in [3.8, 4) is 0 Å². The molecular formula is C18H25N5O. The lowest BCUT2D eigenvalue weighted by Gasteiger charge is -2.38. The molecule has 2 aromatic rings. The maximum atomic E-state index is 4.86. The summed E-state index contributed by atoms with van der Waals surface area (Å²) in [7, 11) is 1.82. The van der Waals surface area contributed by atoms with Crippen LogP contribution in [0.2, 0.25) is 0 Å². The number of aliphatic imine (C=N–C) groups is 1. The third kappa shape index (κ3) is 3.53. The highest BCUT2D eigenvalue weighted by Crippen LogP contribution is 2.23. The third-order valence-corrected chi connectivity index (χ3v) is 4.63. The van der Waals surface area contributed by atoms with Crippen molar-refractivity contribution in [2.24, 2.45) is 4.99 Å². The van der Waals surface area contributed by atoms with E-state index < -0.39 is 0 Å². The molecule has 0 radical (unpaired) electrons. The molecule has 0 aliphatic carbocycles. The predicted octanol–water partition coefficient (Wildman–Crippen LogP) is 2.19. The van der Waals surface area contributed by atoms with Crippen LogP contribution in [0.5, 0.6) is 0 Å². The molecule has 1 N–H and O–H groups in total. The number of aromatic nitrogens is 1. The van der Waals surface area contributed by atoms with Crippen LogP contribution in [0.15, 0.2) is 40.0 Å². The second-order valence-electron chi connectivity index (χ2n) is 6.08. The standard InChI is InChI=1S/C18H25N5O/c1-14-5-4-6-17(15(14)2)22-8-10-23(11-9-22)18(19-3)20-13-16-7-12-24-21-16/h4-7,12H,8-11,13H2,1-3H3,(H,19,20). The molecule has 0 bridgehead atoms. The SMILES string of the molecule is CN=C(NCc1ccon1)N1CCN(c2cccc(C)c2C)CC1. The highest BCUT2D eigenvalue weighted by molar-refractivity contribution is 5.80. The normalized spacial score (nSPS) is 15.7. The lowest BCUT2D eigenvalue weighted by molar-refractivity contribution is 0.370. The van der Waals surface area contributed by atoms with Crippen LogP contribution in [-0.2, 0) is 6.54 Å². The van der Waals surface area contributed by atoms with Crippen LogP contribution in [0.4, 0.5) is 5.69 Å². The molecule has 128 valence electrons. The van der Waals surface area contributed by atoms with Gasteiger partial charge in [-0.3, -0.25) is 4.99 Å². The number of aryl methyl sites for hydroxylation is 1. The van der Waals surface area contributed by atoms with Gasteiger partial charge in [0.15, 0.2) is 5.96 Å². The summed E-state index contributed by atoms with van der Waals surface area (Å²) in [5.41, 5.74) is 4.95. The molecule has 0 atom stereocenters. The fourth-order valence-electron chi connectivity index (χ4n) is 3.07. The zero-order chi connectivity index (χ0) is 16.9. The minimum atomic E-state index is 0.625. The van der Waals surface area contributed by atoms with Crippen molar-refractivity contribution < 1.29 is 4.52 Å². The highest BCUT2D eigenvalue weighted by Gasteiger charge is 2.21. The van der Waals surface area contributed by atoms with Crippen LogP contribution in [-0.4, -0.2) is 49.2 Å². The van der Waals surface area contributed by atoms with Crippen molar-refractivity contribution in [2.45, 2.75) is 20.4 Å². The largest absolute Gasteiger partial charge is 0.368 e. The maximum Gasteiger partial charge on any atom is 0.194 e.